The number of anilines is 2. The number of aromatic nitrogens is 1. The van der Waals surface area contributed by atoms with Crippen molar-refractivity contribution in [3.8, 4) is 0 Å². The number of pyridine rings is 1. The third-order valence-electron chi connectivity index (χ3n) is 3.25. The Labute approximate surface area is 166 Å². The molecule has 2 aromatic rings. The predicted octanol–water partition coefficient (Wildman–Crippen LogP) is 3.86. The molecule has 0 aliphatic carbocycles. The molecule has 0 bridgehead atoms. The highest BCUT2D eigenvalue weighted by molar-refractivity contribution is 6.42. The lowest BCUT2D eigenvalue weighted by atomic mass is 10.3. The van der Waals surface area contributed by atoms with Crippen LogP contribution in [0.4, 0.5) is 11.5 Å². The Morgan fingerprint density at radius 1 is 1.04 bits per heavy atom. The van der Waals surface area contributed by atoms with Gasteiger partial charge in [0.15, 0.2) is 0 Å². The highest BCUT2D eigenvalue weighted by Gasteiger charge is 2.15. The van der Waals surface area contributed by atoms with E-state index in [2.05, 4.69) is 15.6 Å². The molecule has 1 aromatic carbocycles. The first-order valence-electron chi connectivity index (χ1n) is 7.61. The molecule has 0 saturated heterocycles. The fourth-order valence-electron chi connectivity index (χ4n) is 2.18. The number of nitrogens with one attached hydrogen (secondary N) is 2. The van der Waals surface area contributed by atoms with Crippen LogP contribution in [0.15, 0.2) is 30.3 Å². The van der Waals surface area contributed by atoms with Gasteiger partial charge in [0.25, 0.3) is 0 Å². The average molecular weight is 416 g/mol. The van der Waals surface area contributed by atoms with Gasteiger partial charge in [-0.05, 0) is 38.2 Å². The van der Waals surface area contributed by atoms with Gasteiger partial charge in [0.1, 0.15) is 5.82 Å². The molecular formula is C17H17Cl3N4O2. The first kappa shape index (κ1) is 20.5. The van der Waals surface area contributed by atoms with Crippen LogP contribution in [0.2, 0.25) is 15.1 Å². The normalized spacial score (nSPS) is 10.7. The van der Waals surface area contributed by atoms with Gasteiger partial charge in [-0.3, -0.25) is 14.5 Å². The van der Waals surface area contributed by atoms with Crippen LogP contribution in [0.5, 0.6) is 0 Å². The van der Waals surface area contributed by atoms with Crippen molar-refractivity contribution >= 4 is 58.1 Å². The third-order valence-corrected chi connectivity index (χ3v) is 4.07. The molecule has 0 radical (unpaired) electrons. The number of benzene rings is 1. The summed E-state index contributed by atoms with van der Waals surface area (Å²) in [7, 11) is 1.65. The zero-order chi connectivity index (χ0) is 19.3. The minimum atomic E-state index is -0.361. The summed E-state index contributed by atoms with van der Waals surface area (Å²) in [6.07, 6.45) is 0. The monoisotopic (exact) mass is 414 g/mol. The summed E-state index contributed by atoms with van der Waals surface area (Å²) in [5.74, 6) is -0.173. The summed E-state index contributed by atoms with van der Waals surface area (Å²) >= 11 is 17.9. The van der Waals surface area contributed by atoms with Crippen molar-refractivity contribution in [2.75, 3.05) is 30.8 Å². The molecule has 2 amide bonds. The van der Waals surface area contributed by atoms with E-state index < -0.39 is 0 Å². The number of rotatable bonds is 6. The second kappa shape index (κ2) is 9.19. The molecule has 2 rings (SSSR count). The zero-order valence-electron chi connectivity index (χ0n) is 14.1. The summed E-state index contributed by atoms with van der Waals surface area (Å²) < 4.78 is 0. The van der Waals surface area contributed by atoms with Crippen molar-refractivity contribution < 1.29 is 9.59 Å². The van der Waals surface area contributed by atoms with Crippen molar-refractivity contribution in [1.29, 1.82) is 0 Å². The van der Waals surface area contributed by atoms with Crippen LogP contribution in [-0.4, -0.2) is 41.8 Å². The Bertz CT molecular complexity index is 806. The Morgan fingerprint density at radius 2 is 1.62 bits per heavy atom. The van der Waals surface area contributed by atoms with E-state index in [-0.39, 0.29) is 40.6 Å². The van der Waals surface area contributed by atoms with E-state index in [1.165, 1.54) is 12.1 Å². The van der Waals surface area contributed by atoms with Crippen LogP contribution in [0.1, 0.15) is 5.69 Å². The van der Waals surface area contributed by atoms with E-state index in [4.69, 9.17) is 34.8 Å². The van der Waals surface area contributed by atoms with E-state index in [1.54, 1.807) is 24.1 Å². The van der Waals surface area contributed by atoms with Gasteiger partial charge in [-0.1, -0.05) is 40.9 Å². The molecule has 2 N–H and O–H groups in total. The van der Waals surface area contributed by atoms with Crippen LogP contribution >= 0.6 is 34.8 Å². The molecule has 0 aliphatic heterocycles. The topological polar surface area (TPSA) is 74.3 Å². The molecule has 0 unspecified atom stereocenters. The molecule has 1 aromatic heterocycles. The fourth-order valence-corrected chi connectivity index (χ4v) is 3.09. The molecule has 0 atom stereocenters. The second-order valence-electron chi connectivity index (χ2n) is 5.68. The maximum Gasteiger partial charge on any atom is 0.239 e. The van der Waals surface area contributed by atoms with Crippen molar-refractivity contribution in [2.24, 2.45) is 0 Å². The van der Waals surface area contributed by atoms with Crippen LogP contribution in [0.25, 0.3) is 0 Å². The Kier molecular flexibility index (Phi) is 7.23. The van der Waals surface area contributed by atoms with Gasteiger partial charge in [0, 0.05) is 10.7 Å². The largest absolute Gasteiger partial charge is 0.322 e. The van der Waals surface area contributed by atoms with Gasteiger partial charge in [-0.2, -0.15) is 0 Å². The van der Waals surface area contributed by atoms with Gasteiger partial charge in [0.05, 0.1) is 28.8 Å². The third kappa shape index (κ3) is 6.14. The van der Waals surface area contributed by atoms with Gasteiger partial charge >= 0.3 is 0 Å². The number of hydrogen-bond acceptors (Lipinski definition) is 4. The number of carbonyl (C=O) groups is 2. The average Bonchev–Trinajstić information content (AvgIpc) is 2.50. The molecule has 1 heterocycles. The smallest absolute Gasteiger partial charge is 0.239 e. The maximum atomic E-state index is 12.1. The molecular weight excluding hydrogens is 399 g/mol. The summed E-state index contributed by atoms with van der Waals surface area (Å²) in [5, 5.41) is 6.15. The van der Waals surface area contributed by atoms with Crippen LogP contribution in [-0.2, 0) is 9.59 Å². The zero-order valence-corrected chi connectivity index (χ0v) is 16.4. The van der Waals surface area contributed by atoms with Crippen molar-refractivity contribution in [3.05, 3.63) is 51.1 Å². The number of amides is 2. The lowest BCUT2D eigenvalue weighted by Crippen LogP contribution is -2.36. The highest BCUT2D eigenvalue weighted by Crippen LogP contribution is 2.33. The minimum absolute atomic E-state index is 0.0190. The summed E-state index contributed by atoms with van der Waals surface area (Å²) in [6.45, 7) is 1.83. The molecule has 0 saturated carbocycles. The standard InChI is InChI=1S/C17H17Cl3N4O2/c1-10-4-3-5-14(21-10)22-15(25)8-24(2)9-16(26)23-17-12(19)6-11(18)7-13(17)20/h3-7H,8-9H2,1-2H3,(H,23,26)(H,21,22,25). The van der Waals surface area contributed by atoms with Crippen molar-refractivity contribution in [1.82, 2.24) is 9.88 Å². The van der Waals surface area contributed by atoms with Crippen LogP contribution in [0, 0.1) is 6.92 Å². The summed E-state index contributed by atoms with van der Waals surface area (Å²) in [6, 6.07) is 8.29. The predicted molar refractivity (Wildman–Crippen MR) is 105 cm³/mol. The molecule has 0 aliphatic rings. The Balaban J connectivity index is 1.88. The summed E-state index contributed by atoms with van der Waals surface area (Å²) in [5.41, 5.74) is 1.08. The molecule has 9 heteroatoms. The van der Waals surface area contributed by atoms with E-state index >= 15 is 0 Å². The van der Waals surface area contributed by atoms with E-state index in [0.717, 1.165) is 5.69 Å². The number of hydrogen-bond donors (Lipinski definition) is 2. The number of aryl methyl sites for hydroxylation is 1. The van der Waals surface area contributed by atoms with Crippen molar-refractivity contribution in [3.63, 3.8) is 0 Å². The molecule has 0 spiro atoms. The van der Waals surface area contributed by atoms with Gasteiger partial charge in [0.2, 0.25) is 11.8 Å². The Hall–Kier alpha value is -1.86. The van der Waals surface area contributed by atoms with Gasteiger partial charge < -0.3 is 10.6 Å². The molecule has 0 fully saturated rings. The van der Waals surface area contributed by atoms with Crippen molar-refractivity contribution in [2.45, 2.75) is 6.92 Å². The van der Waals surface area contributed by atoms with E-state index in [0.29, 0.717) is 10.8 Å². The van der Waals surface area contributed by atoms with Gasteiger partial charge in [-0.25, -0.2) is 4.98 Å². The van der Waals surface area contributed by atoms with Crippen LogP contribution in [0.3, 0.4) is 0 Å². The van der Waals surface area contributed by atoms with E-state index in [9.17, 15) is 9.59 Å². The first-order valence-corrected chi connectivity index (χ1v) is 8.74. The quantitative estimate of drug-likeness (QED) is 0.751. The molecule has 26 heavy (non-hydrogen) atoms. The highest BCUT2D eigenvalue weighted by atomic mass is 35.5. The fraction of sp³-hybridized carbons (Fsp3) is 0.235. The Morgan fingerprint density at radius 3 is 2.19 bits per heavy atom. The number of nitrogens with zero attached hydrogens (tertiary/aromatic N) is 2. The molecule has 6 nitrogen and oxygen atoms in total. The van der Waals surface area contributed by atoms with E-state index in [1.807, 2.05) is 13.0 Å². The minimum Gasteiger partial charge on any atom is -0.322 e. The SMILES string of the molecule is Cc1cccc(NC(=O)CN(C)CC(=O)Nc2c(Cl)cc(Cl)cc2Cl)n1. The number of halogens is 3. The summed E-state index contributed by atoms with van der Waals surface area (Å²) in [4.78, 5) is 29.9. The number of likely N-dealkylation sites (N-methyl/N-ethyl adjacent to an activating group) is 1. The molecule has 138 valence electrons. The number of carbonyl (C=O) groups excluding carboxylic acids is 2. The first-order chi connectivity index (χ1) is 12.2. The van der Waals surface area contributed by atoms with Crippen LogP contribution < -0.4 is 10.6 Å². The van der Waals surface area contributed by atoms with Gasteiger partial charge in [-0.15, -0.1) is 0 Å². The second-order valence-corrected chi connectivity index (χ2v) is 6.93. The maximum absolute atomic E-state index is 12.1. The lowest BCUT2D eigenvalue weighted by Gasteiger charge is -2.17. The lowest BCUT2D eigenvalue weighted by molar-refractivity contribution is -0.119.